The van der Waals surface area contributed by atoms with Gasteiger partial charge in [-0.25, -0.2) is 0 Å². The minimum Gasteiger partial charge on any atom is -0.507 e. The first kappa shape index (κ1) is 43.2. The molecule has 0 unspecified atom stereocenters. The number of phenolic OH excluding ortho intramolecular Hbond substituents is 2. The zero-order valence-electron chi connectivity index (χ0n) is 34.2. The first-order valence-electron chi connectivity index (χ1n) is 18.1. The average molecular weight is 737 g/mol. The third-order valence-corrected chi connectivity index (χ3v) is 9.06. The summed E-state index contributed by atoms with van der Waals surface area (Å²) in [5.74, 6) is -1.87. The second-order valence-electron chi connectivity index (χ2n) is 18.0. The molecule has 0 saturated carbocycles. The van der Waals surface area contributed by atoms with Crippen LogP contribution in [0.3, 0.4) is 0 Å². The Morgan fingerprint density at radius 1 is 0.642 bits per heavy atom. The Kier molecular flexibility index (Phi) is 13.0. The van der Waals surface area contributed by atoms with Crippen molar-refractivity contribution in [1.29, 1.82) is 0 Å². The van der Waals surface area contributed by atoms with Crippen molar-refractivity contribution in [2.45, 2.75) is 156 Å². The van der Waals surface area contributed by atoms with Crippen molar-refractivity contribution < 1.29 is 43.5 Å². The highest BCUT2D eigenvalue weighted by molar-refractivity contribution is 5.86. The fourth-order valence-electron chi connectivity index (χ4n) is 6.02. The zero-order valence-corrected chi connectivity index (χ0v) is 34.2. The molecule has 3 rings (SSSR count). The summed E-state index contributed by atoms with van der Waals surface area (Å²) in [6.07, 6.45) is -1.82. The fraction of sp³-hybridized carbons (Fsp3) is 0.595. The van der Waals surface area contributed by atoms with Crippen molar-refractivity contribution in [2.24, 2.45) is 9.98 Å². The lowest BCUT2D eigenvalue weighted by molar-refractivity contribution is -0.218. The normalized spacial score (nSPS) is 21.5. The van der Waals surface area contributed by atoms with Crippen LogP contribution in [-0.4, -0.2) is 77.7 Å². The number of hydrogen-bond donors (Lipinski definition) is 2. The summed E-state index contributed by atoms with van der Waals surface area (Å²) in [5.41, 5.74) is 2.92. The lowest BCUT2D eigenvalue weighted by Crippen LogP contribution is -2.60. The predicted molar refractivity (Wildman–Crippen MR) is 206 cm³/mol. The molecule has 1 fully saturated rings. The van der Waals surface area contributed by atoms with Crippen LogP contribution < -0.4 is 0 Å². The van der Waals surface area contributed by atoms with Gasteiger partial charge in [0.1, 0.15) is 30.3 Å². The van der Waals surface area contributed by atoms with E-state index in [0.717, 1.165) is 22.3 Å². The first-order valence-corrected chi connectivity index (χ1v) is 18.1. The minimum atomic E-state index is -1.25. The van der Waals surface area contributed by atoms with E-state index in [0.29, 0.717) is 11.1 Å². The lowest BCUT2D eigenvalue weighted by atomic mass is 9.79. The van der Waals surface area contributed by atoms with Gasteiger partial charge in [0.2, 0.25) is 0 Å². The largest absolute Gasteiger partial charge is 0.507 e. The van der Waals surface area contributed by atoms with E-state index in [9.17, 15) is 24.6 Å². The molecular weight excluding hydrogens is 676 g/mol. The Hall–Kier alpha value is -4.25. The summed E-state index contributed by atoms with van der Waals surface area (Å²) >= 11 is 0. The molecule has 1 heterocycles. The molecule has 1 aliphatic rings. The molecule has 0 aromatic heterocycles. The third-order valence-electron chi connectivity index (χ3n) is 9.06. The summed E-state index contributed by atoms with van der Waals surface area (Å²) in [5, 5.41) is 23.1. The van der Waals surface area contributed by atoms with Crippen LogP contribution >= 0.6 is 0 Å². The number of benzene rings is 2. The van der Waals surface area contributed by atoms with Crippen LogP contribution in [0.1, 0.15) is 137 Å². The standard InChI is InChI=1S/C42H60N2O9/c1-23(45)50-22-32-36(51-24(2)46)37(52-25(3)47)33(43-20-26-16-28(39(4,5)6)18-30(34(26)48)41(10,11)12)38(53-32)44-21-27-17-29(40(7,8)9)19-31(35(27)49)42(13,14)15/h16-21,32-33,36-38,48-49H,22H2,1-15H3/b43-20?,44-21+/t32-,33-,36-,37-,38-/m1/s1. The fourth-order valence-corrected chi connectivity index (χ4v) is 6.02. The Morgan fingerprint density at radius 2 is 1.06 bits per heavy atom. The molecule has 2 aromatic carbocycles. The Balaban J connectivity index is 2.34. The van der Waals surface area contributed by atoms with E-state index in [4.69, 9.17) is 28.9 Å². The van der Waals surface area contributed by atoms with Gasteiger partial charge >= 0.3 is 17.9 Å². The molecule has 11 nitrogen and oxygen atoms in total. The number of rotatable bonds is 8. The minimum absolute atomic E-state index is 0.0398. The van der Waals surface area contributed by atoms with Gasteiger partial charge in [-0.05, 0) is 44.9 Å². The number of aromatic hydroxyl groups is 2. The molecule has 0 aliphatic carbocycles. The van der Waals surface area contributed by atoms with E-state index in [1.54, 1.807) is 0 Å². The third kappa shape index (κ3) is 11.1. The van der Waals surface area contributed by atoms with Crippen LogP contribution in [-0.2, 0) is 55.0 Å². The van der Waals surface area contributed by atoms with Crippen LogP contribution in [0.25, 0.3) is 0 Å². The van der Waals surface area contributed by atoms with E-state index < -0.39 is 59.3 Å². The summed E-state index contributed by atoms with van der Waals surface area (Å²) in [4.78, 5) is 46.6. The van der Waals surface area contributed by atoms with Crippen LogP contribution in [0.4, 0.5) is 0 Å². The molecule has 292 valence electrons. The van der Waals surface area contributed by atoms with Gasteiger partial charge in [0, 0.05) is 55.5 Å². The number of carbonyl (C=O) groups excluding carboxylic acids is 3. The maximum absolute atomic E-state index is 12.6. The molecule has 2 N–H and O–H groups in total. The SMILES string of the molecule is CC(=O)OC[C@H]1O[C@@H](/N=C/c2cc(C(C)(C)C)cc(C(C)(C)C)c2O)[C@H](N=Cc2cc(C(C)(C)C)cc(C(C)(C)C)c2O)[C@@H](OC(C)=O)[C@@H]1OC(C)=O. The van der Waals surface area contributed by atoms with Crippen LogP contribution in [0, 0.1) is 0 Å². The molecule has 1 saturated heterocycles. The highest BCUT2D eigenvalue weighted by Crippen LogP contribution is 2.39. The van der Waals surface area contributed by atoms with Gasteiger partial charge in [0.15, 0.2) is 18.4 Å². The van der Waals surface area contributed by atoms with Crippen molar-refractivity contribution in [1.82, 2.24) is 0 Å². The molecule has 53 heavy (non-hydrogen) atoms. The number of ether oxygens (including phenoxy) is 4. The number of esters is 3. The topological polar surface area (TPSA) is 153 Å². The second kappa shape index (κ2) is 16.0. The zero-order chi connectivity index (χ0) is 40.4. The molecule has 0 spiro atoms. The lowest BCUT2D eigenvalue weighted by Gasteiger charge is -2.42. The van der Waals surface area contributed by atoms with Crippen LogP contribution in [0.5, 0.6) is 11.5 Å². The van der Waals surface area contributed by atoms with Crippen molar-refractivity contribution in [3.05, 3.63) is 57.6 Å². The summed E-state index contributed by atoms with van der Waals surface area (Å²) in [6, 6.07) is 6.58. The highest BCUT2D eigenvalue weighted by atomic mass is 16.6. The molecule has 5 atom stereocenters. The van der Waals surface area contributed by atoms with Crippen molar-refractivity contribution in [3.63, 3.8) is 0 Å². The van der Waals surface area contributed by atoms with Gasteiger partial charge < -0.3 is 29.2 Å². The van der Waals surface area contributed by atoms with E-state index in [1.165, 1.54) is 33.2 Å². The highest BCUT2D eigenvalue weighted by Gasteiger charge is 2.50. The van der Waals surface area contributed by atoms with E-state index in [1.807, 2.05) is 65.8 Å². The number of carbonyl (C=O) groups is 3. The molecule has 1 aliphatic heterocycles. The van der Waals surface area contributed by atoms with Gasteiger partial charge in [-0.15, -0.1) is 0 Å². The molecular formula is C42H60N2O9. The van der Waals surface area contributed by atoms with E-state index >= 15 is 0 Å². The maximum Gasteiger partial charge on any atom is 0.303 e. The van der Waals surface area contributed by atoms with Gasteiger partial charge in [-0.2, -0.15) is 0 Å². The maximum atomic E-state index is 12.6. The summed E-state index contributed by atoms with van der Waals surface area (Å²) in [7, 11) is 0. The van der Waals surface area contributed by atoms with Crippen LogP contribution in [0.15, 0.2) is 34.3 Å². The predicted octanol–water partition coefficient (Wildman–Crippen LogP) is 7.35. The van der Waals surface area contributed by atoms with Gasteiger partial charge in [0.05, 0.1) is 0 Å². The summed E-state index contributed by atoms with van der Waals surface area (Å²) in [6.45, 7) is 27.8. The quantitative estimate of drug-likeness (QED) is 0.161. The van der Waals surface area contributed by atoms with E-state index in [2.05, 4.69) is 41.5 Å². The number of aliphatic imine (C=N–C) groups is 2. The number of phenols is 2. The smallest absolute Gasteiger partial charge is 0.303 e. The Morgan fingerprint density at radius 3 is 1.43 bits per heavy atom. The molecule has 2 aromatic rings. The molecule has 0 radical (unpaired) electrons. The Labute approximate surface area is 315 Å². The van der Waals surface area contributed by atoms with E-state index in [-0.39, 0.29) is 28.9 Å². The monoisotopic (exact) mass is 736 g/mol. The van der Waals surface area contributed by atoms with Gasteiger partial charge in [-0.1, -0.05) is 95.2 Å². The number of hydrogen-bond acceptors (Lipinski definition) is 11. The van der Waals surface area contributed by atoms with Gasteiger partial charge in [-0.3, -0.25) is 24.4 Å². The van der Waals surface area contributed by atoms with Crippen molar-refractivity contribution in [2.75, 3.05) is 6.61 Å². The Bertz CT molecular complexity index is 1730. The first-order chi connectivity index (χ1) is 24.1. The summed E-state index contributed by atoms with van der Waals surface area (Å²) < 4.78 is 23.2. The average Bonchev–Trinajstić information content (AvgIpc) is 2.98. The van der Waals surface area contributed by atoms with Crippen LogP contribution in [0.2, 0.25) is 0 Å². The van der Waals surface area contributed by atoms with Crippen molar-refractivity contribution >= 4 is 30.3 Å². The second-order valence-corrected chi connectivity index (χ2v) is 18.0. The molecule has 0 amide bonds. The number of nitrogens with zero attached hydrogens (tertiary/aromatic N) is 2. The van der Waals surface area contributed by atoms with Crippen molar-refractivity contribution in [3.8, 4) is 11.5 Å². The molecule has 11 heteroatoms. The molecule has 0 bridgehead atoms. The van der Waals surface area contributed by atoms with Gasteiger partial charge in [0.25, 0.3) is 0 Å².